The van der Waals surface area contributed by atoms with Gasteiger partial charge in [-0.05, 0) is 6.42 Å². The minimum absolute atomic E-state index is 0.150. The smallest absolute Gasteiger partial charge is 0.231 e. The number of amides is 1. The quantitative estimate of drug-likeness (QED) is 0.536. The Morgan fingerprint density at radius 1 is 1.80 bits per heavy atom. The van der Waals surface area contributed by atoms with E-state index in [1.165, 1.54) is 4.90 Å². The maximum atomic E-state index is 11.9. The van der Waals surface area contributed by atoms with Gasteiger partial charge < -0.3 is 15.5 Å². The predicted octanol–water partition coefficient (Wildman–Crippen LogP) is 0.206. The van der Waals surface area contributed by atoms with Crippen LogP contribution in [0, 0.1) is 5.92 Å². The summed E-state index contributed by atoms with van der Waals surface area (Å²) < 4.78 is 11.9. The minimum Gasteiger partial charge on any atom is -0.348 e. The molecule has 6 heteroatoms. The van der Waals surface area contributed by atoms with E-state index in [9.17, 15) is 14.3 Å². The third-order valence-electron chi connectivity index (χ3n) is 2.81. The van der Waals surface area contributed by atoms with Crippen molar-refractivity contribution < 1.29 is 14.3 Å². The Morgan fingerprint density at radius 2 is 2.33 bits per heavy atom. The van der Waals surface area contributed by atoms with E-state index >= 15 is 0 Å². The normalized spacial score (nSPS) is 32.9. The van der Waals surface area contributed by atoms with Crippen molar-refractivity contribution in [2.24, 2.45) is 11.7 Å². The van der Waals surface area contributed by atoms with E-state index < -0.39 is 12.6 Å². The van der Waals surface area contributed by atoms with Crippen molar-refractivity contribution in [1.82, 2.24) is 4.90 Å². The zero-order chi connectivity index (χ0) is 11.9. The summed E-state index contributed by atoms with van der Waals surface area (Å²) in [6.07, 6.45) is 1.62. The van der Waals surface area contributed by atoms with E-state index in [1.54, 1.807) is 20.2 Å². The first-order valence-corrected chi connectivity index (χ1v) is 6.52. The van der Waals surface area contributed by atoms with Gasteiger partial charge in [0.2, 0.25) is 13.3 Å². The predicted molar refractivity (Wildman–Crippen MR) is 58.6 cm³/mol. The van der Waals surface area contributed by atoms with Crippen LogP contribution in [0.25, 0.3) is 0 Å². The van der Waals surface area contributed by atoms with Crippen molar-refractivity contribution in [2.45, 2.75) is 11.7 Å². The van der Waals surface area contributed by atoms with Crippen molar-refractivity contribution >= 4 is 13.3 Å². The average Bonchev–Trinajstić information content (AvgIpc) is 2.78. The maximum Gasteiger partial charge on any atom is 0.231 e. The second-order valence-corrected chi connectivity index (χ2v) is 6.74. The van der Waals surface area contributed by atoms with Crippen LogP contribution in [-0.4, -0.2) is 41.2 Å². The van der Waals surface area contributed by atoms with Gasteiger partial charge in [0.15, 0.2) is 0 Å². The Balaban J connectivity index is 2.73. The van der Waals surface area contributed by atoms with Crippen molar-refractivity contribution in [3.05, 3.63) is 12.7 Å². The summed E-state index contributed by atoms with van der Waals surface area (Å²) >= 11 is 0. The molecule has 0 aromatic heterocycles. The standard InChI is InChI=1S/C9H17N2O3P/c1-4-7-5-9(7,10)15(13,14)6-8(12)11(2)3/h4,7H,1,5-6,10H2,2-3H3,(H,13,14). The molecule has 5 nitrogen and oxygen atoms in total. The van der Waals surface area contributed by atoms with Crippen molar-refractivity contribution in [2.75, 3.05) is 20.3 Å². The lowest BCUT2D eigenvalue weighted by Gasteiger charge is -2.20. The Hall–Kier alpha value is -0.640. The summed E-state index contributed by atoms with van der Waals surface area (Å²) in [6.45, 7) is 3.54. The number of carbonyl (C=O) groups excluding carboxylic acids is 1. The summed E-state index contributed by atoms with van der Waals surface area (Å²) in [4.78, 5) is 22.4. The molecular weight excluding hydrogens is 215 g/mol. The van der Waals surface area contributed by atoms with Gasteiger partial charge in [-0.25, -0.2) is 0 Å². The number of nitrogens with two attached hydrogens (primary N) is 1. The fourth-order valence-corrected chi connectivity index (χ4v) is 3.50. The molecule has 15 heavy (non-hydrogen) atoms. The van der Waals surface area contributed by atoms with Gasteiger partial charge in [-0.15, -0.1) is 6.58 Å². The van der Waals surface area contributed by atoms with Crippen LogP contribution in [0.15, 0.2) is 12.7 Å². The maximum absolute atomic E-state index is 11.9. The van der Waals surface area contributed by atoms with Gasteiger partial charge in [0.1, 0.15) is 11.4 Å². The highest BCUT2D eigenvalue weighted by Gasteiger charge is 2.61. The lowest BCUT2D eigenvalue weighted by Crippen LogP contribution is -2.32. The average molecular weight is 232 g/mol. The van der Waals surface area contributed by atoms with Crippen molar-refractivity contribution in [1.29, 1.82) is 0 Å². The molecule has 0 spiro atoms. The third kappa shape index (κ3) is 2.14. The fourth-order valence-electron chi connectivity index (χ4n) is 1.45. The molecule has 1 aliphatic rings. The molecule has 1 fully saturated rings. The molecule has 0 saturated heterocycles. The highest BCUT2D eigenvalue weighted by molar-refractivity contribution is 7.61. The van der Waals surface area contributed by atoms with E-state index in [0.29, 0.717) is 6.42 Å². The molecule has 0 heterocycles. The summed E-state index contributed by atoms with van der Waals surface area (Å²) in [7, 11) is -0.543. The van der Waals surface area contributed by atoms with E-state index in [-0.39, 0.29) is 18.0 Å². The first-order chi connectivity index (χ1) is 6.74. The van der Waals surface area contributed by atoms with Crippen LogP contribution in [-0.2, 0) is 9.36 Å². The van der Waals surface area contributed by atoms with Crippen LogP contribution in [0.3, 0.4) is 0 Å². The number of rotatable bonds is 4. The van der Waals surface area contributed by atoms with Gasteiger partial charge in [-0.1, -0.05) is 6.08 Å². The molecule has 3 unspecified atom stereocenters. The molecule has 1 saturated carbocycles. The molecule has 86 valence electrons. The van der Waals surface area contributed by atoms with Crippen molar-refractivity contribution in [3.63, 3.8) is 0 Å². The largest absolute Gasteiger partial charge is 0.348 e. The van der Waals surface area contributed by atoms with Crippen LogP contribution in [0.5, 0.6) is 0 Å². The van der Waals surface area contributed by atoms with E-state index in [0.717, 1.165) is 0 Å². The Morgan fingerprint density at radius 3 is 2.67 bits per heavy atom. The highest BCUT2D eigenvalue weighted by atomic mass is 31.2. The number of nitrogens with zero attached hydrogens (tertiary/aromatic N) is 1. The minimum atomic E-state index is -3.63. The molecule has 1 rings (SSSR count). The molecule has 0 aliphatic heterocycles. The molecule has 3 N–H and O–H groups in total. The van der Waals surface area contributed by atoms with Gasteiger partial charge in [-0.2, -0.15) is 0 Å². The molecule has 0 radical (unpaired) electrons. The zero-order valence-corrected chi connectivity index (χ0v) is 9.91. The Bertz CT molecular complexity index is 342. The van der Waals surface area contributed by atoms with Crippen molar-refractivity contribution in [3.8, 4) is 0 Å². The highest BCUT2D eigenvalue weighted by Crippen LogP contribution is 2.67. The van der Waals surface area contributed by atoms with Crippen LogP contribution in [0.4, 0.5) is 0 Å². The van der Waals surface area contributed by atoms with Gasteiger partial charge in [0.05, 0.1) is 0 Å². The van der Waals surface area contributed by atoms with E-state index in [1.807, 2.05) is 0 Å². The topological polar surface area (TPSA) is 83.6 Å². The van der Waals surface area contributed by atoms with Gasteiger partial charge >= 0.3 is 0 Å². The molecular formula is C9H17N2O3P. The molecule has 0 aromatic carbocycles. The summed E-state index contributed by atoms with van der Waals surface area (Å²) in [6, 6.07) is 0. The lowest BCUT2D eigenvalue weighted by atomic mass is 10.4. The lowest BCUT2D eigenvalue weighted by molar-refractivity contribution is -0.126. The third-order valence-corrected chi connectivity index (χ3v) is 5.33. The zero-order valence-electron chi connectivity index (χ0n) is 9.01. The van der Waals surface area contributed by atoms with Crippen LogP contribution in [0.1, 0.15) is 6.42 Å². The number of carbonyl (C=O) groups is 1. The number of hydrogen-bond donors (Lipinski definition) is 2. The summed E-state index contributed by atoms with van der Waals surface area (Å²) in [5, 5.41) is -1.12. The summed E-state index contributed by atoms with van der Waals surface area (Å²) in [5.41, 5.74) is 5.77. The summed E-state index contributed by atoms with van der Waals surface area (Å²) in [5.74, 6) is -0.524. The van der Waals surface area contributed by atoms with Crippen LogP contribution in [0.2, 0.25) is 0 Å². The van der Waals surface area contributed by atoms with Crippen LogP contribution < -0.4 is 5.73 Å². The van der Waals surface area contributed by atoms with Crippen LogP contribution >= 0.6 is 7.37 Å². The monoisotopic (exact) mass is 232 g/mol. The first-order valence-electron chi connectivity index (χ1n) is 4.68. The van der Waals surface area contributed by atoms with Gasteiger partial charge in [-0.3, -0.25) is 9.36 Å². The number of hydrogen-bond acceptors (Lipinski definition) is 3. The molecule has 0 aromatic rings. The Kier molecular flexibility index (Phi) is 3.10. The second-order valence-electron chi connectivity index (χ2n) is 4.19. The van der Waals surface area contributed by atoms with E-state index in [4.69, 9.17) is 5.73 Å². The molecule has 3 atom stereocenters. The Labute approximate surface area is 89.4 Å². The SMILES string of the molecule is C=CC1CC1(N)P(=O)(O)CC(=O)N(C)C. The fraction of sp³-hybridized carbons (Fsp3) is 0.667. The second kappa shape index (κ2) is 3.74. The first kappa shape index (κ1) is 12.4. The molecule has 0 bridgehead atoms. The van der Waals surface area contributed by atoms with E-state index in [2.05, 4.69) is 6.58 Å². The molecule has 1 aliphatic carbocycles. The molecule has 1 amide bonds. The van der Waals surface area contributed by atoms with Gasteiger partial charge in [0.25, 0.3) is 0 Å². The van der Waals surface area contributed by atoms with Gasteiger partial charge in [0, 0.05) is 20.0 Å².